The fraction of sp³-hybridized carbons (Fsp3) is 0.529. The van der Waals surface area contributed by atoms with Crippen molar-refractivity contribution in [2.45, 2.75) is 43.0 Å². The van der Waals surface area contributed by atoms with E-state index >= 15 is 0 Å². The first-order chi connectivity index (χ1) is 10.7. The van der Waals surface area contributed by atoms with Crippen LogP contribution in [0.2, 0.25) is 0 Å². The molecular weight excluding hydrogens is 296 g/mol. The second-order valence-electron chi connectivity index (χ2n) is 6.11. The minimum absolute atomic E-state index is 0.0351. The minimum atomic E-state index is -0.217. The monoisotopic (exact) mass is 318 g/mol. The van der Waals surface area contributed by atoms with Crippen LogP contribution in [0.3, 0.4) is 0 Å². The number of hydrogen-bond acceptors (Lipinski definition) is 3. The van der Waals surface area contributed by atoms with Crippen LogP contribution in [0.25, 0.3) is 0 Å². The Bertz CT molecular complexity index is 570. The van der Waals surface area contributed by atoms with Crippen LogP contribution in [-0.2, 0) is 9.59 Å². The molecule has 1 aliphatic carbocycles. The lowest BCUT2D eigenvalue weighted by molar-refractivity contribution is -0.129. The van der Waals surface area contributed by atoms with Gasteiger partial charge in [-0.3, -0.25) is 9.59 Å². The number of anilines is 1. The van der Waals surface area contributed by atoms with E-state index in [2.05, 4.69) is 5.32 Å². The van der Waals surface area contributed by atoms with Gasteiger partial charge in [-0.15, -0.1) is 11.8 Å². The average Bonchev–Trinajstić information content (AvgIpc) is 3.16. The first kappa shape index (κ1) is 15.4. The smallest absolute Gasteiger partial charge is 0.229 e. The van der Waals surface area contributed by atoms with Crippen molar-refractivity contribution in [3.05, 3.63) is 24.3 Å². The number of nitrogens with zero attached hydrogens (tertiary/aromatic N) is 1. The van der Waals surface area contributed by atoms with E-state index in [-0.39, 0.29) is 17.7 Å². The van der Waals surface area contributed by atoms with E-state index in [1.54, 1.807) is 11.8 Å². The van der Waals surface area contributed by atoms with Gasteiger partial charge < -0.3 is 10.2 Å². The molecule has 1 N–H and O–H groups in total. The summed E-state index contributed by atoms with van der Waals surface area (Å²) in [5.41, 5.74) is 0.809. The van der Waals surface area contributed by atoms with Crippen molar-refractivity contribution in [3.63, 3.8) is 0 Å². The second kappa shape index (κ2) is 6.73. The Balaban J connectivity index is 1.62. The van der Waals surface area contributed by atoms with Crippen molar-refractivity contribution in [2.24, 2.45) is 5.92 Å². The van der Waals surface area contributed by atoms with E-state index in [9.17, 15) is 9.59 Å². The Hall–Kier alpha value is -1.49. The van der Waals surface area contributed by atoms with Gasteiger partial charge in [0.25, 0.3) is 0 Å². The molecule has 1 heterocycles. The molecule has 2 aliphatic rings. The summed E-state index contributed by atoms with van der Waals surface area (Å²) in [6, 6.07) is 8.18. The van der Waals surface area contributed by atoms with Crippen LogP contribution in [0.4, 0.5) is 5.69 Å². The van der Waals surface area contributed by atoms with Gasteiger partial charge in [-0.05, 0) is 37.3 Å². The van der Waals surface area contributed by atoms with Gasteiger partial charge in [0.05, 0.1) is 5.92 Å². The highest BCUT2D eigenvalue weighted by Gasteiger charge is 2.38. The fourth-order valence-corrected chi connectivity index (χ4v) is 3.88. The summed E-state index contributed by atoms with van der Waals surface area (Å²) in [4.78, 5) is 27.7. The van der Waals surface area contributed by atoms with Crippen LogP contribution in [0.1, 0.15) is 32.1 Å². The molecule has 1 unspecified atom stereocenters. The third-order valence-electron chi connectivity index (χ3n) is 4.63. The van der Waals surface area contributed by atoms with Gasteiger partial charge in [-0.1, -0.05) is 18.9 Å². The van der Waals surface area contributed by atoms with Gasteiger partial charge in [0.1, 0.15) is 0 Å². The number of amides is 2. The van der Waals surface area contributed by atoms with E-state index < -0.39 is 0 Å². The van der Waals surface area contributed by atoms with Crippen molar-refractivity contribution >= 4 is 29.3 Å². The van der Waals surface area contributed by atoms with Gasteiger partial charge in [0, 0.05) is 29.6 Å². The van der Waals surface area contributed by atoms with Gasteiger partial charge in [-0.25, -0.2) is 0 Å². The molecule has 0 aromatic heterocycles. The summed E-state index contributed by atoms with van der Waals surface area (Å²) in [6.07, 6.45) is 6.95. The Morgan fingerprint density at radius 3 is 2.82 bits per heavy atom. The van der Waals surface area contributed by atoms with E-state index in [1.165, 1.54) is 12.8 Å². The topological polar surface area (TPSA) is 49.4 Å². The maximum atomic E-state index is 12.4. The molecule has 1 aliphatic heterocycles. The minimum Gasteiger partial charge on any atom is -0.339 e. The Kier molecular flexibility index (Phi) is 4.71. The number of rotatable bonds is 4. The predicted molar refractivity (Wildman–Crippen MR) is 88.9 cm³/mol. The normalized spacial score (nSPS) is 22.3. The van der Waals surface area contributed by atoms with E-state index in [1.807, 2.05) is 35.4 Å². The van der Waals surface area contributed by atoms with Crippen LogP contribution in [-0.4, -0.2) is 35.6 Å². The van der Waals surface area contributed by atoms with Crippen molar-refractivity contribution in [2.75, 3.05) is 18.1 Å². The van der Waals surface area contributed by atoms with Gasteiger partial charge in [-0.2, -0.15) is 0 Å². The summed E-state index contributed by atoms with van der Waals surface area (Å²) >= 11 is 1.65. The molecule has 0 spiro atoms. The van der Waals surface area contributed by atoms with Gasteiger partial charge in [0.2, 0.25) is 11.8 Å². The highest BCUT2D eigenvalue weighted by Crippen LogP contribution is 2.30. The zero-order chi connectivity index (χ0) is 15.5. The molecule has 2 fully saturated rings. The van der Waals surface area contributed by atoms with Crippen LogP contribution >= 0.6 is 11.8 Å². The Morgan fingerprint density at radius 1 is 1.32 bits per heavy atom. The van der Waals surface area contributed by atoms with E-state index in [0.717, 1.165) is 23.4 Å². The first-order valence-electron chi connectivity index (χ1n) is 7.92. The SMILES string of the molecule is CSc1cccc(NC(=O)C2CC(=O)N(C3CCCC3)C2)c1. The standard InChI is InChI=1S/C17H22N2O2S/c1-22-15-8-4-5-13(10-15)18-17(21)12-9-16(20)19(11-12)14-6-2-3-7-14/h4-5,8,10,12,14H,2-3,6-7,9,11H2,1H3,(H,18,21). The molecule has 1 saturated heterocycles. The quantitative estimate of drug-likeness (QED) is 0.868. The van der Waals surface area contributed by atoms with Crippen molar-refractivity contribution in [1.29, 1.82) is 0 Å². The third-order valence-corrected chi connectivity index (χ3v) is 5.36. The number of nitrogens with one attached hydrogen (secondary N) is 1. The number of thioether (sulfide) groups is 1. The average molecular weight is 318 g/mol. The molecule has 4 nitrogen and oxygen atoms in total. The summed E-state index contributed by atoms with van der Waals surface area (Å²) in [5.74, 6) is -0.108. The molecule has 1 aromatic carbocycles. The molecule has 3 rings (SSSR count). The lowest BCUT2D eigenvalue weighted by atomic mass is 10.1. The lowest BCUT2D eigenvalue weighted by Gasteiger charge is -2.23. The molecule has 1 aromatic rings. The summed E-state index contributed by atoms with van der Waals surface area (Å²) in [7, 11) is 0. The molecular formula is C17H22N2O2S. The fourth-order valence-electron chi connectivity index (χ4n) is 3.42. The third kappa shape index (κ3) is 3.29. The van der Waals surface area contributed by atoms with E-state index in [4.69, 9.17) is 0 Å². The Morgan fingerprint density at radius 2 is 2.09 bits per heavy atom. The van der Waals surface area contributed by atoms with Crippen molar-refractivity contribution in [3.8, 4) is 0 Å². The molecule has 2 amide bonds. The number of hydrogen-bond donors (Lipinski definition) is 1. The predicted octanol–water partition coefficient (Wildman–Crippen LogP) is 3.14. The molecule has 0 bridgehead atoms. The second-order valence-corrected chi connectivity index (χ2v) is 6.99. The molecule has 22 heavy (non-hydrogen) atoms. The molecule has 1 saturated carbocycles. The molecule has 0 radical (unpaired) electrons. The number of likely N-dealkylation sites (tertiary alicyclic amines) is 1. The van der Waals surface area contributed by atoms with E-state index in [0.29, 0.717) is 19.0 Å². The van der Waals surface area contributed by atoms with Crippen LogP contribution < -0.4 is 5.32 Å². The van der Waals surface area contributed by atoms with Crippen LogP contribution in [0.15, 0.2) is 29.2 Å². The molecule has 5 heteroatoms. The molecule has 1 atom stereocenters. The zero-order valence-corrected chi connectivity index (χ0v) is 13.7. The molecule has 118 valence electrons. The number of carbonyl (C=O) groups is 2. The van der Waals surface area contributed by atoms with Gasteiger partial charge >= 0.3 is 0 Å². The highest BCUT2D eigenvalue weighted by atomic mass is 32.2. The summed E-state index contributed by atoms with van der Waals surface area (Å²) < 4.78 is 0. The number of carbonyl (C=O) groups excluding carboxylic acids is 2. The maximum Gasteiger partial charge on any atom is 0.229 e. The largest absolute Gasteiger partial charge is 0.339 e. The summed E-state index contributed by atoms with van der Waals surface area (Å²) in [6.45, 7) is 0.581. The first-order valence-corrected chi connectivity index (χ1v) is 9.14. The number of benzene rings is 1. The summed E-state index contributed by atoms with van der Waals surface area (Å²) in [5, 5.41) is 2.96. The highest BCUT2D eigenvalue weighted by molar-refractivity contribution is 7.98. The van der Waals surface area contributed by atoms with Crippen LogP contribution in [0.5, 0.6) is 0 Å². The zero-order valence-electron chi connectivity index (χ0n) is 12.9. The van der Waals surface area contributed by atoms with Crippen LogP contribution in [0, 0.1) is 5.92 Å². The Labute approximate surface area is 135 Å². The van der Waals surface area contributed by atoms with Gasteiger partial charge in [0.15, 0.2) is 0 Å². The lowest BCUT2D eigenvalue weighted by Crippen LogP contribution is -2.35. The maximum absolute atomic E-state index is 12.4. The van der Waals surface area contributed by atoms with Crippen molar-refractivity contribution in [1.82, 2.24) is 4.90 Å². The van der Waals surface area contributed by atoms with Crippen molar-refractivity contribution < 1.29 is 9.59 Å².